The van der Waals surface area contributed by atoms with Gasteiger partial charge in [0.15, 0.2) is 0 Å². The molecule has 1 fully saturated rings. The molecular weight excluding hydrogens is 514 g/mol. The number of thiol groups is 1. The summed E-state index contributed by atoms with van der Waals surface area (Å²) in [5, 5.41) is 7.36. The van der Waals surface area contributed by atoms with Crippen molar-refractivity contribution in [3.63, 3.8) is 0 Å². The van der Waals surface area contributed by atoms with Crippen LogP contribution in [0.1, 0.15) is 51.0 Å². The van der Waals surface area contributed by atoms with Crippen LogP contribution >= 0.6 is 12.6 Å². The number of nitrogens with zero attached hydrogens (tertiary/aromatic N) is 1. The van der Waals surface area contributed by atoms with Gasteiger partial charge in [-0.2, -0.15) is 12.6 Å². The second-order valence-corrected chi connectivity index (χ2v) is 9.91. The number of hydrogen-bond acceptors (Lipinski definition) is 5. The lowest BCUT2D eigenvalue weighted by atomic mass is 9.95. The van der Waals surface area contributed by atoms with E-state index in [4.69, 9.17) is 4.74 Å². The lowest BCUT2D eigenvalue weighted by Gasteiger charge is -2.21. The predicted octanol–water partition coefficient (Wildman–Crippen LogP) is 7.10. The number of aromatic nitrogens is 1. The molecule has 206 valence electrons. The van der Waals surface area contributed by atoms with Crippen molar-refractivity contribution in [3.8, 4) is 5.75 Å². The van der Waals surface area contributed by atoms with Crippen molar-refractivity contribution in [2.75, 3.05) is 19.9 Å². The monoisotopic (exact) mass is 551 g/mol. The number of pyridine rings is 1. The standard InChI is InChI=1S/C30H28N2O2.C3H5N.CH4S/c1-20-6-4-7-22(16-20)10-11-23-17-27(25-8-5-15-31-28(25)18-23)30(13-14-30)32-29(33)26-19-24(34-3)12-9-21(26)2;1-2-4-3-1;1-2/h4-12,15-19H,13-14H2,1-3H3,(H,32,33);1-2,4H,3H2;2H,1H3/b11-10+;;. The van der Waals surface area contributed by atoms with Crippen LogP contribution < -0.4 is 15.4 Å². The largest absolute Gasteiger partial charge is 0.497 e. The van der Waals surface area contributed by atoms with Gasteiger partial charge < -0.3 is 15.4 Å². The number of benzene rings is 3. The van der Waals surface area contributed by atoms with Crippen LogP contribution in [-0.4, -0.2) is 30.8 Å². The summed E-state index contributed by atoms with van der Waals surface area (Å²) in [6.07, 6.45) is 13.6. The summed E-state index contributed by atoms with van der Waals surface area (Å²) in [4.78, 5) is 18.0. The maximum Gasteiger partial charge on any atom is 0.252 e. The Kier molecular flexibility index (Phi) is 9.67. The summed E-state index contributed by atoms with van der Waals surface area (Å²) in [5.74, 6) is 0.602. The third kappa shape index (κ3) is 6.93. The second-order valence-electron chi connectivity index (χ2n) is 9.91. The molecular formula is C34H37N3O2S. The maximum atomic E-state index is 13.3. The van der Waals surface area contributed by atoms with Gasteiger partial charge in [0.1, 0.15) is 5.75 Å². The number of ether oxygens (including phenoxy) is 1. The van der Waals surface area contributed by atoms with E-state index in [-0.39, 0.29) is 11.4 Å². The molecule has 1 amide bonds. The molecule has 5 nitrogen and oxygen atoms in total. The summed E-state index contributed by atoms with van der Waals surface area (Å²) in [5.41, 5.74) is 6.69. The Bertz CT molecular complexity index is 1530. The first-order valence-electron chi connectivity index (χ1n) is 13.4. The molecule has 1 aliphatic heterocycles. The van der Waals surface area contributed by atoms with E-state index in [1.807, 2.05) is 37.5 Å². The van der Waals surface area contributed by atoms with E-state index in [1.54, 1.807) is 19.4 Å². The number of methoxy groups -OCH3 is 1. The van der Waals surface area contributed by atoms with Crippen molar-refractivity contribution in [2.45, 2.75) is 32.2 Å². The molecule has 1 aliphatic carbocycles. The number of carbonyl (C=O) groups is 1. The van der Waals surface area contributed by atoms with Gasteiger partial charge in [0.2, 0.25) is 0 Å². The van der Waals surface area contributed by atoms with Crippen LogP contribution in [0.3, 0.4) is 0 Å². The minimum Gasteiger partial charge on any atom is -0.497 e. The number of carbonyl (C=O) groups excluding carboxylic acids is 1. The number of aryl methyl sites for hydroxylation is 2. The van der Waals surface area contributed by atoms with Crippen LogP contribution in [0.15, 0.2) is 85.2 Å². The predicted molar refractivity (Wildman–Crippen MR) is 170 cm³/mol. The third-order valence-corrected chi connectivity index (χ3v) is 7.03. The number of nitrogens with one attached hydrogen (secondary N) is 2. The van der Waals surface area contributed by atoms with Gasteiger partial charge in [-0.05, 0) is 97.8 Å². The normalized spacial score (nSPS) is 14.1. The van der Waals surface area contributed by atoms with Crippen LogP contribution in [-0.2, 0) is 5.54 Å². The number of amides is 1. The molecule has 0 unspecified atom stereocenters. The van der Waals surface area contributed by atoms with Crippen LogP contribution in [0, 0.1) is 13.8 Å². The van der Waals surface area contributed by atoms with Gasteiger partial charge in [-0.1, -0.05) is 54.1 Å². The highest BCUT2D eigenvalue weighted by atomic mass is 32.1. The molecule has 40 heavy (non-hydrogen) atoms. The Balaban J connectivity index is 0.000000556. The molecule has 2 heterocycles. The van der Waals surface area contributed by atoms with E-state index in [1.165, 1.54) is 5.56 Å². The minimum absolute atomic E-state index is 0.0772. The van der Waals surface area contributed by atoms with E-state index in [2.05, 4.69) is 95.9 Å². The maximum absolute atomic E-state index is 13.3. The molecule has 0 atom stereocenters. The molecule has 0 saturated heterocycles. The summed E-state index contributed by atoms with van der Waals surface area (Å²) in [6, 6.07) is 22.4. The van der Waals surface area contributed by atoms with Gasteiger partial charge in [-0.15, -0.1) is 0 Å². The Morgan fingerprint density at radius 2 is 1.73 bits per heavy atom. The first-order chi connectivity index (χ1) is 19.5. The van der Waals surface area contributed by atoms with Crippen molar-refractivity contribution in [1.82, 2.24) is 15.6 Å². The molecule has 3 aromatic carbocycles. The molecule has 0 spiro atoms. The summed E-state index contributed by atoms with van der Waals surface area (Å²) in [7, 11) is 1.61. The fourth-order valence-corrected chi connectivity index (χ4v) is 4.62. The highest BCUT2D eigenvalue weighted by molar-refractivity contribution is 7.79. The van der Waals surface area contributed by atoms with Crippen molar-refractivity contribution in [1.29, 1.82) is 0 Å². The molecule has 1 aromatic heterocycles. The smallest absolute Gasteiger partial charge is 0.252 e. The lowest BCUT2D eigenvalue weighted by molar-refractivity contribution is 0.0930. The van der Waals surface area contributed by atoms with Gasteiger partial charge >= 0.3 is 0 Å². The zero-order valence-electron chi connectivity index (χ0n) is 23.6. The van der Waals surface area contributed by atoms with Gasteiger partial charge in [0.25, 0.3) is 5.91 Å². The van der Waals surface area contributed by atoms with Crippen LogP contribution in [0.5, 0.6) is 5.75 Å². The minimum atomic E-state index is -0.388. The zero-order chi connectivity index (χ0) is 28.5. The summed E-state index contributed by atoms with van der Waals surface area (Å²) in [6.45, 7) is 5.11. The summed E-state index contributed by atoms with van der Waals surface area (Å²) >= 11 is 3.53. The lowest BCUT2D eigenvalue weighted by Crippen LogP contribution is -2.35. The first-order valence-corrected chi connectivity index (χ1v) is 14.3. The zero-order valence-corrected chi connectivity index (χ0v) is 24.5. The van der Waals surface area contributed by atoms with E-state index in [9.17, 15) is 4.79 Å². The molecule has 6 heteroatoms. The van der Waals surface area contributed by atoms with Crippen LogP contribution in [0.25, 0.3) is 23.1 Å². The first kappa shape index (κ1) is 29.0. The van der Waals surface area contributed by atoms with Crippen molar-refractivity contribution < 1.29 is 9.53 Å². The van der Waals surface area contributed by atoms with E-state index < -0.39 is 0 Å². The summed E-state index contributed by atoms with van der Waals surface area (Å²) < 4.78 is 5.34. The Hall–Kier alpha value is -4.03. The van der Waals surface area contributed by atoms with Crippen molar-refractivity contribution in [2.24, 2.45) is 0 Å². The topological polar surface area (TPSA) is 63.2 Å². The highest BCUT2D eigenvalue weighted by Gasteiger charge is 2.47. The molecule has 4 aromatic rings. The second kappa shape index (κ2) is 13.4. The molecule has 0 bridgehead atoms. The SMILES string of the molecule is C1=CNC1.COc1ccc(C)c(C(=O)NC2(c3cc(/C=C/c4cccc(C)c4)cc4ncccc34)CC2)c1.CS. The Morgan fingerprint density at radius 3 is 2.38 bits per heavy atom. The quantitative estimate of drug-likeness (QED) is 0.177. The molecule has 0 radical (unpaired) electrons. The molecule has 1 saturated carbocycles. The van der Waals surface area contributed by atoms with Crippen molar-refractivity contribution in [3.05, 3.63) is 119 Å². The van der Waals surface area contributed by atoms with E-state index >= 15 is 0 Å². The third-order valence-electron chi connectivity index (χ3n) is 7.03. The molecule has 2 N–H and O–H groups in total. The van der Waals surface area contributed by atoms with Gasteiger partial charge in [0, 0.05) is 23.7 Å². The Morgan fingerprint density at radius 1 is 1.00 bits per heavy atom. The van der Waals surface area contributed by atoms with Crippen LogP contribution in [0.4, 0.5) is 0 Å². The fourth-order valence-electron chi connectivity index (χ4n) is 4.62. The van der Waals surface area contributed by atoms with Gasteiger partial charge in [0.05, 0.1) is 18.2 Å². The Labute approximate surface area is 242 Å². The van der Waals surface area contributed by atoms with E-state index in [0.717, 1.165) is 52.5 Å². The highest BCUT2D eigenvalue weighted by Crippen LogP contribution is 2.48. The number of hydrogen-bond donors (Lipinski definition) is 3. The molecule has 6 rings (SSSR count). The van der Waals surface area contributed by atoms with Crippen molar-refractivity contribution >= 4 is 41.6 Å². The van der Waals surface area contributed by atoms with Gasteiger partial charge in [-0.3, -0.25) is 9.78 Å². The number of rotatable bonds is 6. The fraction of sp³-hybridized carbons (Fsp3) is 0.235. The average molecular weight is 552 g/mol. The average Bonchev–Trinajstić information content (AvgIpc) is 3.72. The number of fused-ring (bicyclic) bond motifs is 1. The van der Waals surface area contributed by atoms with Gasteiger partial charge in [-0.25, -0.2) is 0 Å². The van der Waals surface area contributed by atoms with E-state index in [0.29, 0.717) is 11.3 Å². The van der Waals surface area contributed by atoms with Crippen LogP contribution in [0.2, 0.25) is 0 Å². The molecule has 2 aliphatic rings.